The number of nitro groups is 1. The fraction of sp³-hybridized carbons (Fsp3) is 0.400. The van der Waals surface area contributed by atoms with E-state index < -0.39 is 0 Å². The number of benzene rings is 2. The maximum atomic E-state index is 10.9. The molecule has 0 aromatic heterocycles. The van der Waals surface area contributed by atoms with Gasteiger partial charge in [0, 0.05) is 23.3 Å². The molecule has 0 saturated carbocycles. The van der Waals surface area contributed by atoms with Crippen molar-refractivity contribution in [1.82, 2.24) is 0 Å². The Hall–Kier alpha value is -2.24. The fourth-order valence-electron chi connectivity index (χ4n) is 3.56. The van der Waals surface area contributed by atoms with Crippen LogP contribution in [0.3, 0.4) is 0 Å². The maximum Gasteiger partial charge on any atom is 0.269 e. The van der Waals surface area contributed by atoms with Crippen LogP contribution in [0.5, 0.6) is 0 Å². The number of nitrogens with zero attached hydrogens (tertiary/aromatic N) is 1. The molecule has 0 unspecified atom stereocenters. The van der Waals surface area contributed by atoms with Crippen LogP contribution in [0, 0.1) is 10.1 Å². The molecule has 0 amide bonds. The average molecular weight is 341 g/mol. The predicted octanol–water partition coefficient (Wildman–Crippen LogP) is 0.641. The summed E-state index contributed by atoms with van der Waals surface area (Å²) in [5, 5.41) is 10.9. The van der Waals surface area contributed by atoms with Crippen molar-refractivity contribution < 1.29 is 14.7 Å². The van der Waals surface area contributed by atoms with Crippen molar-refractivity contribution in [3.8, 4) is 0 Å². The molecule has 5 nitrogen and oxygen atoms in total. The minimum atomic E-state index is -0.315. The largest absolute Gasteiger partial charge is 0.322 e. The van der Waals surface area contributed by atoms with E-state index in [4.69, 9.17) is 0 Å². The van der Waals surface area contributed by atoms with Crippen molar-refractivity contribution in [2.45, 2.75) is 26.4 Å². The van der Waals surface area contributed by atoms with Crippen LogP contribution in [-0.4, -0.2) is 31.1 Å². The Morgan fingerprint density at radius 2 is 1.44 bits per heavy atom. The van der Waals surface area contributed by atoms with Crippen molar-refractivity contribution in [2.24, 2.45) is 0 Å². The van der Waals surface area contributed by atoms with Gasteiger partial charge in [0.1, 0.15) is 39.3 Å². The highest BCUT2D eigenvalue weighted by atomic mass is 16.6. The summed E-state index contributed by atoms with van der Waals surface area (Å²) in [6.07, 6.45) is 1.09. The number of aryl methyl sites for hydroxylation is 1. The molecule has 2 aromatic carbocycles. The van der Waals surface area contributed by atoms with Crippen LogP contribution < -0.4 is 9.80 Å². The first-order valence-corrected chi connectivity index (χ1v) is 9.12. The van der Waals surface area contributed by atoms with Gasteiger partial charge in [-0.15, -0.1) is 0 Å². The number of nitro benzene ring substituents is 1. The number of non-ortho nitro benzene ring substituents is 1. The standard InChI is InChI=1S/C20H25N3O2/c1-2-17-6-8-18(9-7-17)15-21-10-12-22(13-11-21)16-19-4-3-5-20(14-19)23(24)25/h3-9,14H,2,10-13,15-16H2,1H3/p+2. The smallest absolute Gasteiger partial charge is 0.269 e. The molecular formula is C20H27N3O2+2. The van der Waals surface area contributed by atoms with Gasteiger partial charge < -0.3 is 9.80 Å². The Morgan fingerprint density at radius 1 is 0.880 bits per heavy atom. The lowest BCUT2D eigenvalue weighted by Crippen LogP contribution is -3.27. The summed E-state index contributed by atoms with van der Waals surface area (Å²) in [6, 6.07) is 16.0. The zero-order valence-corrected chi connectivity index (χ0v) is 14.8. The molecule has 25 heavy (non-hydrogen) atoms. The van der Waals surface area contributed by atoms with Gasteiger partial charge in [-0.2, -0.15) is 0 Å². The van der Waals surface area contributed by atoms with Gasteiger partial charge in [0.2, 0.25) is 0 Å². The number of hydrogen-bond donors (Lipinski definition) is 2. The number of piperazine rings is 1. The molecule has 0 aliphatic carbocycles. The highest BCUT2D eigenvalue weighted by molar-refractivity contribution is 5.33. The Kier molecular flexibility index (Phi) is 5.79. The molecule has 1 aliphatic heterocycles. The minimum absolute atomic E-state index is 0.191. The molecule has 2 aromatic rings. The van der Waals surface area contributed by atoms with Crippen molar-refractivity contribution in [3.05, 3.63) is 75.3 Å². The molecule has 0 bridgehead atoms. The van der Waals surface area contributed by atoms with Crippen molar-refractivity contribution >= 4 is 5.69 Å². The maximum absolute atomic E-state index is 10.9. The van der Waals surface area contributed by atoms with Crippen molar-refractivity contribution in [3.63, 3.8) is 0 Å². The predicted molar refractivity (Wildman–Crippen MR) is 97.7 cm³/mol. The Bertz CT molecular complexity index is 707. The number of hydrogen-bond acceptors (Lipinski definition) is 2. The van der Waals surface area contributed by atoms with E-state index in [1.54, 1.807) is 23.1 Å². The summed E-state index contributed by atoms with van der Waals surface area (Å²) in [6.45, 7) is 8.69. The fourth-order valence-corrected chi connectivity index (χ4v) is 3.56. The summed E-state index contributed by atoms with van der Waals surface area (Å²) < 4.78 is 0. The molecule has 132 valence electrons. The summed E-state index contributed by atoms with van der Waals surface area (Å²) in [5.74, 6) is 0. The number of nitrogens with one attached hydrogen (secondary N) is 2. The molecule has 1 aliphatic rings. The summed E-state index contributed by atoms with van der Waals surface area (Å²) in [7, 11) is 0. The Labute approximate surface area is 149 Å². The monoisotopic (exact) mass is 341 g/mol. The SMILES string of the molecule is CCc1ccc(C[NH+]2CC[NH+](Cc3cccc([N+](=O)[O-])c3)CC2)cc1. The van der Waals surface area contributed by atoms with E-state index in [0.29, 0.717) is 0 Å². The second-order valence-corrected chi connectivity index (χ2v) is 6.95. The van der Waals surface area contributed by atoms with Gasteiger partial charge in [0.25, 0.3) is 5.69 Å². The topological polar surface area (TPSA) is 52.0 Å². The van der Waals surface area contributed by atoms with Crippen LogP contribution in [0.25, 0.3) is 0 Å². The van der Waals surface area contributed by atoms with E-state index in [2.05, 4.69) is 31.2 Å². The normalized spacial score (nSPS) is 20.4. The highest BCUT2D eigenvalue weighted by Crippen LogP contribution is 2.12. The lowest BCUT2D eigenvalue weighted by atomic mass is 10.1. The van der Waals surface area contributed by atoms with Crippen LogP contribution in [0.15, 0.2) is 48.5 Å². The summed E-state index contributed by atoms with van der Waals surface area (Å²) in [5.41, 5.74) is 4.05. The zero-order chi connectivity index (χ0) is 17.6. The highest BCUT2D eigenvalue weighted by Gasteiger charge is 2.23. The van der Waals surface area contributed by atoms with Gasteiger partial charge in [0.05, 0.1) is 4.92 Å². The first kappa shape index (κ1) is 17.6. The van der Waals surface area contributed by atoms with Gasteiger partial charge in [-0.3, -0.25) is 10.1 Å². The second-order valence-electron chi connectivity index (χ2n) is 6.95. The molecule has 0 spiro atoms. The van der Waals surface area contributed by atoms with E-state index in [9.17, 15) is 10.1 Å². The molecule has 1 fully saturated rings. The molecule has 5 heteroatoms. The molecule has 2 N–H and O–H groups in total. The summed E-state index contributed by atoms with van der Waals surface area (Å²) in [4.78, 5) is 13.7. The van der Waals surface area contributed by atoms with Gasteiger partial charge in [-0.05, 0) is 12.0 Å². The third-order valence-corrected chi connectivity index (χ3v) is 5.13. The van der Waals surface area contributed by atoms with Gasteiger partial charge >= 0.3 is 0 Å². The molecule has 1 heterocycles. The molecule has 0 radical (unpaired) electrons. The van der Waals surface area contributed by atoms with Crippen LogP contribution in [0.4, 0.5) is 5.69 Å². The number of quaternary nitrogens is 2. The lowest BCUT2D eigenvalue weighted by Gasteiger charge is -2.29. The van der Waals surface area contributed by atoms with Crippen LogP contribution >= 0.6 is 0 Å². The third kappa shape index (κ3) is 4.87. The van der Waals surface area contributed by atoms with Crippen molar-refractivity contribution in [2.75, 3.05) is 26.2 Å². The van der Waals surface area contributed by atoms with E-state index in [-0.39, 0.29) is 10.6 Å². The Balaban J connectivity index is 1.49. The first-order valence-electron chi connectivity index (χ1n) is 9.12. The van der Waals surface area contributed by atoms with E-state index in [0.717, 1.165) is 51.3 Å². The number of rotatable bonds is 6. The van der Waals surface area contributed by atoms with Crippen LogP contribution in [0.2, 0.25) is 0 Å². The van der Waals surface area contributed by atoms with E-state index in [1.165, 1.54) is 16.0 Å². The van der Waals surface area contributed by atoms with Gasteiger partial charge in [-0.1, -0.05) is 43.3 Å². The Morgan fingerprint density at radius 3 is 2.00 bits per heavy atom. The van der Waals surface area contributed by atoms with E-state index in [1.807, 2.05) is 6.07 Å². The van der Waals surface area contributed by atoms with Crippen LogP contribution in [0.1, 0.15) is 23.6 Å². The minimum Gasteiger partial charge on any atom is -0.322 e. The second kappa shape index (κ2) is 8.23. The zero-order valence-electron chi connectivity index (χ0n) is 14.8. The average Bonchev–Trinajstić information content (AvgIpc) is 2.64. The molecule has 1 saturated heterocycles. The van der Waals surface area contributed by atoms with Crippen LogP contribution in [-0.2, 0) is 19.5 Å². The van der Waals surface area contributed by atoms with E-state index >= 15 is 0 Å². The molecule has 0 atom stereocenters. The summed E-state index contributed by atoms with van der Waals surface area (Å²) >= 11 is 0. The van der Waals surface area contributed by atoms with Gasteiger partial charge in [0.15, 0.2) is 0 Å². The van der Waals surface area contributed by atoms with Gasteiger partial charge in [-0.25, -0.2) is 0 Å². The van der Waals surface area contributed by atoms with Crippen molar-refractivity contribution in [1.29, 1.82) is 0 Å². The quantitative estimate of drug-likeness (QED) is 0.598. The molecule has 3 rings (SSSR count). The molecular weight excluding hydrogens is 314 g/mol. The lowest BCUT2D eigenvalue weighted by molar-refractivity contribution is -1.02. The third-order valence-electron chi connectivity index (χ3n) is 5.13. The first-order chi connectivity index (χ1) is 12.1.